The Morgan fingerprint density at radius 1 is 1.04 bits per heavy atom. The summed E-state index contributed by atoms with van der Waals surface area (Å²) in [6.45, 7) is 0.888. The standard InChI is InChI=1S/C21H19N3O3.ClH/c25-11-10-24-20-7-6-18(12-17(20)14-22-24)23-9-8-19(13-21(23)26)27-15-16-4-2-1-3-5-16;/h1-9,12-14,25H,10-11,15H2;1H. The van der Waals surface area contributed by atoms with E-state index in [2.05, 4.69) is 5.10 Å². The number of benzene rings is 2. The summed E-state index contributed by atoms with van der Waals surface area (Å²) in [5.41, 5.74) is 2.56. The topological polar surface area (TPSA) is 69.3 Å². The minimum Gasteiger partial charge on any atom is -0.489 e. The van der Waals surface area contributed by atoms with Crippen molar-refractivity contribution in [2.75, 3.05) is 6.61 Å². The van der Waals surface area contributed by atoms with Crippen molar-refractivity contribution in [2.24, 2.45) is 0 Å². The second-order valence-corrected chi connectivity index (χ2v) is 6.18. The van der Waals surface area contributed by atoms with Gasteiger partial charge in [-0.1, -0.05) is 30.3 Å². The monoisotopic (exact) mass is 397 g/mol. The van der Waals surface area contributed by atoms with Crippen LogP contribution in [0.15, 0.2) is 77.9 Å². The molecule has 0 aliphatic rings. The number of hydrogen-bond donors (Lipinski definition) is 1. The zero-order valence-corrected chi connectivity index (χ0v) is 15.9. The van der Waals surface area contributed by atoms with Crippen molar-refractivity contribution in [3.8, 4) is 11.4 Å². The van der Waals surface area contributed by atoms with Crippen molar-refractivity contribution in [3.63, 3.8) is 0 Å². The van der Waals surface area contributed by atoms with Gasteiger partial charge < -0.3 is 9.84 Å². The van der Waals surface area contributed by atoms with Crippen molar-refractivity contribution >= 4 is 23.3 Å². The molecule has 7 heteroatoms. The highest BCUT2D eigenvalue weighted by atomic mass is 35.5. The molecule has 2 aromatic carbocycles. The van der Waals surface area contributed by atoms with Crippen LogP contribution in [0.25, 0.3) is 16.6 Å². The maximum atomic E-state index is 12.5. The number of aliphatic hydroxyl groups excluding tert-OH is 1. The first kappa shape index (κ1) is 19.7. The highest BCUT2D eigenvalue weighted by Gasteiger charge is 2.07. The largest absolute Gasteiger partial charge is 0.489 e. The summed E-state index contributed by atoms with van der Waals surface area (Å²) in [5.74, 6) is 0.539. The van der Waals surface area contributed by atoms with Gasteiger partial charge in [-0.15, -0.1) is 12.4 Å². The van der Waals surface area contributed by atoms with Gasteiger partial charge in [0.25, 0.3) is 5.56 Å². The van der Waals surface area contributed by atoms with Crippen LogP contribution in [-0.4, -0.2) is 26.1 Å². The Hall–Kier alpha value is -3.09. The SMILES string of the molecule is Cl.O=c1cc(OCc2ccccc2)ccn1-c1ccc2c(cnn2CCO)c1. The van der Waals surface area contributed by atoms with E-state index < -0.39 is 0 Å². The average molecular weight is 398 g/mol. The second kappa shape index (κ2) is 8.73. The smallest absolute Gasteiger partial charge is 0.258 e. The van der Waals surface area contributed by atoms with E-state index >= 15 is 0 Å². The van der Waals surface area contributed by atoms with Crippen molar-refractivity contribution in [2.45, 2.75) is 13.2 Å². The molecule has 0 spiro atoms. The minimum atomic E-state index is -0.164. The van der Waals surface area contributed by atoms with Crippen molar-refractivity contribution in [1.82, 2.24) is 14.3 Å². The summed E-state index contributed by atoms with van der Waals surface area (Å²) in [6, 6.07) is 18.8. The Bertz CT molecular complexity index is 1120. The fraction of sp³-hybridized carbons (Fsp3) is 0.143. The van der Waals surface area contributed by atoms with Gasteiger partial charge in [0.15, 0.2) is 0 Å². The summed E-state index contributed by atoms with van der Waals surface area (Å²) in [4.78, 5) is 12.5. The Kier molecular flexibility index (Phi) is 6.13. The van der Waals surface area contributed by atoms with Gasteiger partial charge in [0, 0.05) is 23.3 Å². The number of hydrogen-bond acceptors (Lipinski definition) is 4. The molecular formula is C21H20ClN3O3. The van der Waals surface area contributed by atoms with E-state index in [0.29, 0.717) is 18.9 Å². The van der Waals surface area contributed by atoms with Gasteiger partial charge in [-0.25, -0.2) is 0 Å². The molecular weight excluding hydrogens is 378 g/mol. The normalized spacial score (nSPS) is 10.6. The third kappa shape index (κ3) is 4.08. The predicted octanol–water partition coefficient (Wildman–Crippen LogP) is 3.18. The molecule has 1 N–H and O–H groups in total. The van der Waals surface area contributed by atoms with Gasteiger partial charge >= 0.3 is 0 Å². The van der Waals surface area contributed by atoms with Crippen LogP contribution in [0.2, 0.25) is 0 Å². The third-order valence-corrected chi connectivity index (χ3v) is 4.35. The Morgan fingerprint density at radius 2 is 1.86 bits per heavy atom. The molecule has 4 aromatic rings. The molecule has 0 radical (unpaired) electrons. The van der Waals surface area contributed by atoms with Crippen LogP contribution >= 0.6 is 12.4 Å². The van der Waals surface area contributed by atoms with Crippen molar-refractivity contribution in [3.05, 3.63) is 89.0 Å². The van der Waals surface area contributed by atoms with Crippen LogP contribution in [0, 0.1) is 0 Å². The lowest BCUT2D eigenvalue weighted by atomic mass is 10.2. The van der Waals surface area contributed by atoms with E-state index in [0.717, 1.165) is 22.2 Å². The maximum absolute atomic E-state index is 12.5. The summed E-state index contributed by atoms with van der Waals surface area (Å²) >= 11 is 0. The minimum absolute atomic E-state index is 0. The molecule has 0 saturated heterocycles. The van der Waals surface area contributed by atoms with Crippen LogP contribution in [0.4, 0.5) is 0 Å². The van der Waals surface area contributed by atoms with E-state index in [4.69, 9.17) is 9.84 Å². The molecule has 0 aliphatic heterocycles. The number of aliphatic hydroxyl groups is 1. The maximum Gasteiger partial charge on any atom is 0.258 e. The van der Waals surface area contributed by atoms with E-state index in [1.165, 1.54) is 6.07 Å². The molecule has 2 aromatic heterocycles. The van der Waals surface area contributed by atoms with Crippen LogP contribution in [0.3, 0.4) is 0 Å². The van der Waals surface area contributed by atoms with Gasteiger partial charge in [0.2, 0.25) is 0 Å². The zero-order chi connectivity index (χ0) is 18.6. The van der Waals surface area contributed by atoms with Crippen LogP contribution in [0.5, 0.6) is 5.75 Å². The first-order valence-corrected chi connectivity index (χ1v) is 8.71. The lowest BCUT2D eigenvalue weighted by Crippen LogP contribution is -2.16. The average Bonchev–Trinajstić information content (AvgIpc) is 3.10. The molecule has 0 fully saturated rings. The summed E-state index contributed by atoms with van der Waals surface area (Å²) in [7, 11) is 0. The zero-order valence-electron chi connectivity index (χ0n) is 15.1. The third-order valence-electron chi connectivity index (χ3n) is 4.35. The second-order valence-electron chi connectivity index (χ2n) is 6.18. The first-order chi connectivity index (χ1) is 13.2. The van der Waals surface area contributed by atoms with Crippen molar-refractivity contribution in [1.29, 1.82) is 0 Å². The number of pyridine rings is 1. The fourth-order valence-corrected chi connectivity index (χ4v) is 3.00. The molecule has 0 amide bonds. The molecule has 2 heterocycles. The summed E-state index contributed by atoms with van der Waals surface area (Å²) in [6.07, 6.45) is 3.44. The highest BCUT2D eigenvalue weighted by Crippen LogP contribution is 2.18. The molecule has 0 unspecified atom stereocenters. The first-order valence-electron chi connectivity index (χ1n) is 8.71. The summed E-state index contributed by atoms with van der Waals surface area (Å²) in [5, 5.41) is 14.3. The van der Waals surface area contributed by atoms with E-state index in [1.807, 2.05) is 48.5 Å². The number of aromatic nitrogens is 3. The number of rotatable bonds is 6. The van der Waals surface area contributed by atoms with Crippen molar-refractivity contribution < 1.29 is 9.84 Å². The summed E-state index contributed by atoms with van der Waals surface area (Å²) < 4.78 is 9.02. The Balaban J connectivity index is 0.00000225. The van der Waals surface area contributed by atoms with Crippen LogP contribution in [0.1, 0.15) is 5.56 Å². The molecule has 0 aliphatic carbocycles. The highest BCUT2D eigenvalue weighted by molar-refractivity contribution is 5.85. The molecule has 6 nitrogen and oxygen atoms in total. The number of nitrogens with zero attached hydrogens (tertiary/aromatic N) is 3. The number of halogens is 1. The Morgan fingerprint density at radius 3 is 2.61 bits per heavy atom. The molecule has 144 valence electrons. The molecule has 0 atom stereocenters. The molecule has 0 bridgehead atoms. The van der Waals surface area contributed by atoms with E-state index in [1.54, 1.807) is 27.7 Å². The molecule has 28 heavy (non-hydrogen) atoms. The van der Waals surface area contributed by atoms with E-state index in [-0.39, 0.29) is 24.6 Å². The predicted molar refractivity (Wildman–Crippen MR) is 110 cm³/mol. The van der Waals surface area contributed by atoms with E-state index in [9.17, 15) is 4.79 Å². The van der Waals surface area contributed by atoms with Crippen LogP contribution < -0.4 is 10.3 Å². The molecule has 0 saturated carbocycles. The Labute approximate surface area is 168 Å². The fourth-order valence-electron chi connectivity index (χ4n) is 3.00. The van der Waals surface area contributed by atoms with Gasteiger partial charge in [-0.2, -0.15) is 5.10 Å². The van der Waals surface area contributed by atoms with Crippen LogP contribution in [-0.2, 0) is 13.2 Å². The van der Waals surface area contributed by atoms with Gasteiger partial charge in [0.1, 0.15) is 12.4 Å². The number of ether oxygens (including phenoxy) is 1. The lowest BCUT2D eigenvalue weighted by molar-refractivity contribution is 0.271. The lowest BCUT2D eigenvalue weighted by Gasteiger charge is -2.09. The van der Waals surface area contributed by atoms with Gasteiger partial charge in [-0.3, -0.25) is 14.0 Å². The number of fused-ring (bicyclic) bond motifs is 1. The molecule has 4 rings (SSSR count). The van der Waals surface area contributed by atoms with Gasteiger partial charge in [-0.05, 0) is 29.8 Å². The van der Waals surface area contributed by atoms with Gasteiger partial charge in [0.05, 0.1) is 24.9 Å². The quantitative estimate of drug-likeness (QED) is 0.542.